The van der Waals surface area contributed by atoms with Crippen molar-refractivity contribution in [3.63, 3.8) is 0 Å². The van der Waals surface area contributed by atoms with Crippen LogP contribution in [0.15, 0.2) is 64.4 Å². The van der Waals surface area contributed by atoms with E-state index in [9.17, 15) is 19.5 Å². The number of carbonyl (C=O) groups is 1. The number of hydrogen-bond donors (Lipinski definition) is 2. The Kier molecular flexibility index (Phi) is 5.92. The smallest absolute Gasteiger partial charge is 0.859 e. The van der Waals surface area contributed by atoms with Crippen LogP contribution in [0.3, 0.4) is 0 Å². The van der Waals surface area contributed by atoms with Gasteiger partial charge in [0.2, 0.25) is 0 Å². The van der Waals surface area contributed by atoms with Crippen molar-refractivity contribution in [3.05, 3.63) is 81.3 Å². The Bertz CT molecular complexity index is 1010. The summed E-state index contributed by atoms with van der Waals surface area (Å²) in [6.45, 7) is 0. The fourth-order valence-corrected chi connectivity index (χ4v) is 2.15. The van der Waals surface area contributed by atoms with Crippen molar-refractivity contribution in [1.29, 1.82) is 0 Å². The van der Waals surface area contributed by atoms with E-state index in [1.807, 2.05) is 4.98 Å². The summed E-state index contributed by atoms with van der Waals surface area (Å²) in [6, 6.07) is 10.1. The standard InChI is InChI=1S/C16H12N4O4.Na/c21-13-9-14(22)20(16(24)19-13)12-3-1-2-11(8-12)18-15(23)10-4-6-17-7-5-10;/h1-9,22H,(H,18,23)(H,19,21,24);/q;+1/p-1. The largest absolute Gasteiger partial charge is 1.00 e. The number of aromatic nitrogens is 3. The SMILES string of the molecule is O=C(Nc1cccc(-n2c([O-])cc(=O)[nH]c2=O)c1)c1ccncc1.[Na+]. The van der Waals surface area contributed by atoms with Gasteiger partial charge in [-0.15, -0.1) is 0 Å². The van der Waals surface area contributed by atoms with Gasteiger partial charge in [0, 0.05) is 29.7 Å². The number of carbonyl (C=O) groups excluding carboxylic acids is 1. The number of rotatable bonds is 3. The Morgan fingerprint density at radius 3 is 2.52 bits per heavy atom. The van der Waals surface area contributed by atoms with Crippen LogP contribution in [-0.4, -0.2) is 20.4 Å². The number of anilines is 1. The van der Waals surface area contributed by atoms with Gasteiger partial charge in [-0.3, -0.25) is 24.1 Å². The fraction of sp³-hybridized carbons (Fsp3) is 0. The van der Waals surface area contributed by atoms with Crippen molar-refractivity contribution in [2.24, 2.45) is 0 Å². The number of pyridine rings is 1. The molecule has 2 N–H and O–H groups in total. The van der Waals surface area contributed by atoms with Gasteiger partial charge in [0.15, 0.2) is 0 Å². The Morgan fingerprint density at radius 1 is 1.12 bits per heavy atom. The summed E-state index contributed by atoms with van der Waals surface area (Å²) < 4.78 is 0.809. The van der Waals surface area contributed by atoms with Crippen LogP contribution in [0, 0.1) is 0 Å². The molecule has 0 spiro atoms. The second kappa shape index (κ2) is 7.93. The molecule has 0 saturated heterocycles. The van der Waals surface area contributed by atoms with E-state index in [2.05, 4.69) is 10.3 Å². The summed E-state index contributed by atoms with van der Waals surface area (Å²) >= 11 is 0. The number of hydrogen-bond acceptors (Lipinski definition) is 5. The molecule has 3 aromatic rings. The third kappa shape index (κ3) is 4.24. The van der Waals surface area contributed by atoms with Crippen molar-refractivity contribution in [2.75, 3.05) is 5.32 Å². The minimum absolute atomic E-state index is 0. The summed E-state index contributed by atoms with van der Waals surface area (Å²) in [5, 5.41) is 14.5. The van der Waals surface area contributed by atoms with E-state index in [0.717, 1.165) is 10.6 Å². The molecule has 8 nitrogen and oxygen atoms in total. The number of H-pyrrole nitrogens is 1. The van der Waals surface area contributed by atoms with Crippen LogP contribution in [0.2, 0.25) is 0 Å². The Labute approximate surface area is 163 Å². The van der Waals surface area contributed by atoms with E-state index in [4.69, 9.17) is 0 Å². The molecule has 25 heavy (non-hydrogen) atoms. The van der Waals surface area contributed by atoms with Crippen LogP contribution < -0.4 is 51.2 Å². The Morgan fingerprint density at radius 2 is 1.84 bits per heavy atom. The normalized spacial score (nSPS) is 9.92. The topological polar surface area (TPSA) is 120 Å². The molecule has 9 heteroatoms. The van der Waals surface area contributed by atoms with Crippen LogP contribution in [-0.2, 0) is 0 Å². The number of amides is 1. The number of benzene rings is 1. The Hall–Kier alpha value is -2.68. The van der Waals surface area contributed by atoms with Gasteiger partial charge in [-0.2, -0.15) is 0 Å². The summed E-state index contributed by atoms with van der Waals surface area (Å²) in [4.78, 5) is 40.9. The quantitative estimate of drug-likeness (QED) is 0.498. The molecule has 3 rings (SSSR count). The van der Waals surface area contributed by atoms with Gasteiger partial charge >= 0.3 is 35.2 Å². The molecule has 1 amide bonds. The first-order chi connectivity index (χ1) is 11.5. The van der Waals surface area contributed by atoms with Crippen LogP contribution >= 0.6 is 0 Å². The maximum Gasteiger partial charge on any atom is 1.00 e. The summed E-state index contributed by atoms with van der Waals surface area (Å²) in [7, 11) is 0. The number of nitrogens with zero attached hydrogens (tertiary/aromatic N) is 2. The third-order valence-electron chi connectivity index (χ3n) is 3.21. The first kappa shape index (κ1) is 18.7. The maximum absolute atomic E-state index is 12.1. The number of nitrogens with one attached hydrogen (secondary N) is 2. The predicted octanol–water partition coefficient (Wildman–Crippen LogP) is -2.75. The Balaban J connectivity index is 0.00000225. The summed E-state index contributed by atoms with van der Waals surface area (Å²) in [5.41, 5.74) is -0.560. The molecule has 0 bridgehead atoms. The minimum Gasteiger partial charge on any atom is -0.859 e. The van der Waals surface area contributed by atoms with E-state index >= 15 is 0 Å². The molecule has 120 valence electrons. The molecule has 0 aliphatic carbocycles. The molecule has 0 fully saturated rings. The van der Waals surface area contributed by atoms with Crippen molar-refractivity contribution in [1.82, 2.24) is 14.5 Å². The molecular weight excluding hydrogens is 335 g/mol. The first-order valence-corrected chi connectivity index (χ1v) is 6.90. The zero-order chi connectivity index (χ0) is 17.1. The van der Waals surface area contributed by atoms with E-state index in [1.165, 1.54) is 24.5 Å². The molecule has 0 aliphatic heterocycles. The molecule has 0 aliphatic rings. The van der Waals surface area contributed by atoms with Gasteiger partial charge in [-0.05, 0) is 36.2 Å². The molecule has 1 aromatic carbocycles. The first-order valence-electron chi connectivity index (χ1n) is 6.90. The second-order valence-electron chi connectivity index (χ2n) is 4.85. The maximum atomic E-state index is 12.1. The van der Waals surface area contributed by atoms with Crippen molar-refractivity contribution < 1.29 is 39.5 Å². The minimum atomic E-state index is -0.842. The molecule has 0 radical (unpaired) electrons. The molecule has 0 unspecified atom stereocenters. The average Bonchev–Trinajstić information content (AvgIpc) is 2.55. The zero-order valence-electron chi connectivity index (χ0n) is 13.2. The van der Waals surface area contributed by atoms with Gasteiger partial charge < -0.3 is 10.4 Å². The molecule has 2 aromatic heterocycles. The monoisotopic (exact) mass is 346 g/mol. The van der Waals surface area contributed by atoms with Gasteiger partial charge in [-0.1, -0.05) is 6.07 Å². The van der Waals surface area contributed by atoms with Crippen molar-refractivity contribution >= 4 is 11.6 Å². The second-order valence-corrected chi connectivity index (χ2v) is 4.85. The van der Waals surface area contributed by atoms with Crippen LogP contribution in [0.4, 0.5) is 5.69 Å². The fourth-order valence-electron chi connectivity index (χ4n) is 2.15. The summed E-state index contributed by atoms with van der Waals surface area (Å²) in [5.74, 6) is -1.10. The average molecular weight is 346 g/mol. The van der Waals surface area contributed by atoms with Crippen molar-refractivity contribution in [3.8, 4) is 11.6 Å². The predicted molar refractivity (Wildman–Crippen MR) is 84.3 cm³/mol. The van der Waals surface area contributed by atoms with Gasteiger partial charge in [0.25, 0.3) is 11.5 Å². The molecule has 0 atom stereocenters. The molecular formula is C16H11N4NaO4. The van der Waals surface area contributed by atoms with Gasteiger partial charge in [0.05, 0.1) is 5.69 Å². The van der Waals surface area contributed by atoms with Crippen LogP contribution in [0.5, 0.6) is 5.88 Å². The van der Waals surface area contributed by atoms with E-state index in [0.29, 0.717) is 11.3 Å². The van der Waals surface area contributed by atoms with Crippen molar-refractivity contribution in [2.45, 2.75) is 0 Å². The zero-order valence-corrected chi connectivity index (χ0v) is 15.2. The van der Waals surface area contributed by atoms with Crippen LogP contribution in [0.1, 0.15) is 10.4 Å². The third-order valence-corrected chi connectivity index (χ3v) is 3.21. The van der Waals surface area contributed by atoms with Gasteiger partial charge in [0.1, 0.15) is 0 Å². The number of aromatic amines is 1. The van der Waals surface area contributed by atoms with E-state index < -0.39 is 17.1 Å². The van der Waals surface area contributed by atoms with Gasteiger partial charge in [-0.25, -0.2) is 4.79 Å². The molecule has 0 saturated carbocycles. The summed E-state index contributed by atoms with van der Waals surface area (Å²) in [6.07, 6.45) is 2.99. The van der Waals surface area contributed by atoms with Crippen LogP contribution in [0.25, 0.3) is 5.69 Å². The van der Waals surface area contributed by atoms with E-state index in [1.54, 1.807) is 24.3 Å². The molecule has 2 heterocycles. The van der Waals surface area contributed by atoms with E-state index in [-0.39, 0.29) is 41.2 Å².